The van der Waals surface area contributed by atoms with Gasteiger partial charge in [-0.25, -0.2) is 0 Å². The lowest BCUT2D eigenvalue weighted by atomic mass is 9.99. The highest BCUT2D eigenvalue weighted by Gasteiger charge is 2.34. The van der Waals surface area contributed by atoms with Crippen molar-refractivity contribution in [1.29, 1.82) is 0 Å². The largest absolute Gasteiger partial charge is 0.481 e. The van der Waals surface area contributed by atoms with Crippen LogP contribution in [0.4, 0.5) is 5.69 Å². The third-order valence-electron chi connectivity index (χ3n) is 4.66. The van der Waals surface area contributed by atoms with Gasteiger partial charge in [0.25, 0.3) is 5.91 Å². The van der Waals surface area contributed by atoms with Crippen LogP contribution in [-0.2, 0) is 11.3 Å². The van der Waals surface area contributed by atoms with E-state index >= 15 is 0 Å². The number of likely N-dealkylation sites (tertiary alicyclic amines) is 1. The summed E-state index contributed by atoms with van der Waals surface area (Å²) in [5.74, 6) is -0.995. The predicted molar refractivity (Wildman–Crippen MR) is 96.4 cm³/mol. The zero-order valence-corrected chi connectivity index (χ0v) is 14.2. The number of hydrogen-bond acceptors (Lipinski definition) is 3. The molecule has 1 fully saturated rings. The number of carbonyl (C=O) groups excluding carboxylic acids is 1. The first-order valence-electron chi connectivity index (χ1n) is 8.43. The maximum atomic E-state index is 12.2. The molecule has 3 rings (SSSR count). The fourth-order valence-corrected chi connectivity index (χ4v) is 3.26. The normalized spacial score (nSPS) is 20.4. The molecular weight excluding hydrogens is 316 g/mol. The summed E-state index contributed by atoms with van der Waals surface area (Å²) in [4.78, 5) is 25.6. The summed E-state index contributed by atoms with van der Waals surface area (Å²) in [6.07, 6.45) is 0. The maximum Gasteiger partial charge on any atom is 0.308 e. The lowest BCUT2D eigenvalue weighted by Crippen LogP contribution is -2.23. The minimum Gasteiger partial charge on any atom is -0.481 e. The van der Waals surface area contributed by atoms with Gasteiger partial charge in [-0.05, 0) is 35.7 Å². The first kappa shape index (κ1) is 17.2. The van der Waals surface area contributed by atoms with Crippen LogP contribution in [0.1, 0.15) is 22.8 Å². The van der Waals surface area contributed by atoms with E-state index in [0.29, 0.717) is 18.7 Å². The average Bonchev–Trinajstić information content (AvgIpc) is 2.97. The number of rotatable bonds is 5. The zero-order valence-electron chi connectivity index (χ0n) is 14.2. The molecule has 0 aromatic heterocycles. The number of carbonyl (C=O) groups is 2. The monoisotopic (exact) mass is 338 g/mol. The summed E-state index contributed by atoms with van der Waals surface area (Å²) in [6, 6.07) is 16.8. The summed E-state index contributed by atoms with van der Waals surface area (Å²) in [7, 11) is 0. The third kappa shape index (κ3) is 4.25. The van der Waals surface area contributed by atoms with E-state index in [-0.39, 0.29) is 17.7 Å². The van der Waals surface area contributed by atoms with Crippen molar-refractivity contribution in [3.8, 4) is 0 Å². The highest BCUT2D eigenvalue weighted by atomic mass is 16.4. The Morgan fingerprint density at radius 3 is 2.36 bits per heavy atom. The molecule has 1 heterocycles. The van der Waals surface area contributed by atoms with Gasteiger partial charge in [0.2, 0.25) is 0 Å². The maximum absolute atomic E-state index is 12.2. The Hall–Kier alpha value is -2.66. The average molecular weight is 338 g/mol. The molecule has 0 radical (unpaired) electrons. The Bertz CT molecular complexity index is 743. The fourth-order valence-electron chi connectivity index (χ4n) is 3.26. The lowest BCUT2D eigenvalue weighted by Gasteiger charge is -2.15. The van der Waals surface area contributed by atoms with Gasteiger partial charge >= 0.3 is 5.97 Å². The van der Waals surface area contributed by atoms with Crippen molar-refractivity contribution in [2.24, 2.45) is 11.8 Å². The number of carboxylic acid groups (broad SMARTS) is 1. The second-order valence-electron chi connectivity index (χ2n) is 6.63. The number of para-hydroxylation sites is 1. The Morgan fingerprint density at radius 2 is 1.76 bits per heavy atom. The Balaban J connectivity index is 1.59. The number of hydrogen-bond donors (Lipinski definition) is 2. The van der Waals surface area contributed by atoms with Gasteiger partial charge in [-0.1, -0.05) is 37.3 Å². The van der Waals surface area contributed by atoms with Crippen molar-refractivity contribution < 1.29 is 14.7 Å². The van der Waals surface area contributed by atoms with E-state index in [4.69, 9.17) is 0 Å². The molecular formula is C20H22N2O3. The molecule has 25 heavy (non-hydrogen) atoms. The number of nitrogens with zero attached hydrogens (tertiary/aromatic N) is 1. The molecule has 2 aromatic carbocycles. The standard InChI is InChI=1S/C20H22N2O3/c1-14-11-22(13-18(14)20(24)25)12-15-7-9-16(10-8-15)19(23)21-17-5-3-2-4-6-17/h2-10,14,18H,11-13H2,1H3,(H,21,23)(H,24,25)/t14-,18-/m1/s1. The van der Waals surface area contributed by atoms with Gasteiger partial charge in [0.1, 0.15) is 0 Å². The van der Waals surface area contributed by atoms with Crippen LogP contribution in [0.25, 0.3) is 0 Å². The topological polar surface area (TPSA) is 69.6 Å². The van der Waals surface area contributed by atoms with E-state index in [1.54, 1.807) is 0 Å². The summed E-state index contributed by atoms with van der Waals surface area (Å²) >= 11 is 0. The highest BCUT2D eigenvalue weighted by Crippen LogP contribution is 2.24. The number of nitrogens with one attached hydrogen (secondary N) is 1. The quantitative estimate of drug-likeness (QED) is 0.879. The molecule has 130 valence electrons. The van der Waals surface area contributed by atoms with Gasteiger partial charge in [-0.3, -0.25) is 14.5 Å². The molecule has 1 saturated heterocycles. The fraction of sp³-hybridized carbons (Fsp3) is 0.300. The molecule has 2 atom stereocenters. The molecule has 2 aromatic rings. The van der Waals surface area contributed by atoms with Crippen molar-refractivity contribution in [1.82, 2.24) is 4.90 Å². The predicted octanol–water partition coefficient (Wildman–Crippen LogP) is 3.09. The number of carboxylic acids is 1. The molecule has 1 amide bonds. The zero-order chi connectivity index (χ0) is 17.8. The third-order valence-corrected chi connectivity index (χ3v) is 4.66. The second-order valence-corrected chi connectivity index (χ2v) is 6.63. The van der Waals surface area contributed by atoms with Crippen LogP contribution in [0.15, 0.2) is 54.6 Å². The van der Waals surface area contributed by atoms with E-state index in [1.807, 2.05) is 61.5 Å². The van der Waals surface area contributed by atoms with Crippen LogP contribution in [0.5, 0.6) is 0 Å². The molecule has 0 spiro atoms. The van der Waals surface area contributed by atoms with Crippen LogP contribution < -0.4 is 5.32 Å². The first-order chi connectivity index (χ1) is 12.0. The first-order valence-corrected chi connectivity index (χ1v) is 8.43. The Morgan fingerprint density at radius 1 is 1.08 bits per heavy atom. The van der Waals surface area contributed by atoms with Gasteiger partial charge in [-0.15, -0.1) is 0 Å². The summed E-state index contributed by atoms with van der Waals surface area (Å²) in [5, 5.41) is 12.1. The van der Waals surface area contributed by atoms with Gasteiger partial charge in [0, 0.05) is 30.9 Å². The minimum absolute atomic E-state index is 0.140. The van der Waals surface area contributed by atoms with Gasteiger partial charge in [0.15, 0.2) is 0 Å². The van der Waals surface area contributed by atoms with Gasteiger partial charge in [-0.2, -0.15) is 0 Å². The molecule has 0 bridgehead atoms. The summed E-state index contributed by atoms with van der Waals surface area (Å²) in [5.41, 5.74) is 2.45. The minimum atomic E-state index is -0.720. The Kier molecular flexibility index (Phi) is 5.14. The molecule has 5 nitrogen and oxygen atoms in total. The Labute approximate surface area is 147 Å². The van der Waals surface area contributed by atoms with E-state index < -0.39 is 5.97 Å². The van der Waals surface area contributed by atoms with Crippen molar-refractivity contribution in [2.45, 2.75) is 13.5 Å². The number of aliphatic carboxylic acids is 1. The van der Waals surface area contributed by atoms with E-state index in [1.165, 1.54) is 0 Å². The van der Waals surface area contributed by atoms with Crippen molar-refractivity contribution in [3.05, 3.63) is 65.7 Å². The van der Waals surface area contributed by atoms with Crippen molar-refractivity contribution in [2.75, 3.05) is 18.4 Å². The van der Waals surface area contributed by atoms with Crippen LogP contribution in [0.2, 0.25) is 0 Å². The number of anilines is 1. The second kappa shape index (κ2) is 7.49. The molecule has 1 aliphatic heterocycles. The molecule has 0 saturated carbocycles. The summed E-state index contributed by atoms with van der Waals surface area (Å²) < 4.78 is 0. The number of benzene rings is 2. The van der Waals surface area contributed by atoms with Gasteiger partial charge in [0.05, 0.1) is 5.92 Å². The molecule has 0 unspecified atom stereocenters. The van der Waals surface area contributed by atoms with Crippen LogP contribution >= 0.6 is 0 Å². The highest BCUT2D eigenvalue weighted by molar-refractivity contribution is 6.04. The van der Waals surface area contributed by atoms with Crippen LogP contribution in [0, 0.1) is 11.8 Å². The van der Waals surface area contributed by atoms with E-state index in [0.717, 1.165) is 17.8 Å². The van der Waals surface area contributed by atoms with Crippen LogP contribution in [-0.4, -0.2) is 35.0 Å². The lowest BCUT2D eigenvalue weighted by molar-refractivity contribution is -0.142. The van der Waals surface area contributed by atoms with Gasteiger partial charge < -0.3 is 10.4 Å². The SMILES string of the molecule is C[C@@H]1CN(Cc2ccc(C(=O)Nc3ccccc3)cc2)C[C@H]1C(=O)O. The van der Waals surface area contributed by atoms with Crippen LogP contribution in [0.3, 0.4) is 0 Å². The molecule has 1 aliphatic rings. The summed E-state index contributed by atoms with van der Waals surface area (Å²) in [6.45, 7) is 4.05. The van der Waals surface area contributed by atoms with E-state index in [2.05, 4.69) is 10.2 Å². The molecule has 0 aliphatic carbocycles. The van der Waals surface area contributed by atoms with E-state index in [9.17, 15) is 14.7 Å². The smallest absolute Gasteiger partial charge is 0.308 e. The molecule has 5 heteroatoms. The number of amides is 1. The van der Waals surface area contributed by atoms with Crippen molar-refractivity contribution >= 4 is 17.6 Å². The molecule has 2 N–H and O–H groups in total. The van der Waals surface area contributed by atoms with Crippen molar-refractivity contribution in [3.63, 3.8) is 0 Å².